The van der Waals surface area contributed by atoms with Crippen LogP contribution in [0.3, 0.4) is 0 Å². The number of nitrogens with zero attached hydrogens (tertiary/aromatic N) is 1. The molecule has 5 heteroatoms. The normalized spacial score (nSPS) is 12.0. The van der Waals surface area contributed by atoms with Gasteiger partial charge in [0.25, 0.3) is 0 Å². The van der Waals surface area contributed by atoms with E-state index in [9.17, 15) is 13.2 Å². The third kappa shape index (κ3) is 1.47. The molecular formula is C5H3F3NS. The highest BCUT2D eigenvalue weighted by atomic mass is 32.1. The monoisotopic (exact) mass is 166 g/mol. The number of aromatic nitrogens is 1. The van der Waals surface area contributed by atoms with E-state index in [-0.39, 0.29) is 5.69 Å². The fourth-order valence-corrected chi connectivity index (χ4v) is 1.04. The molecule has 0 aliphatic heterocycles. The lowest BCUT2D eigenvalue weighted by Gasteiger charge is -1.98. The number of alkyl halides is 3. The summed E-state index contributed by atoms with van der Waals surface area (Å²) >= 11 is 0.558. The van der Waals surface area contributed by atoms with Crippen molar-refractivity contribution in [3.8, 4) is 0 Å². The van der Waals surface area contributed by atoms with Crippen molar-refractivity contribution in [2.24, 2.45) is 0 Å². The summed E-state index contributed by atoms with van der Waals surface area (Å²) in [6.07, 6.45) is -4.32. The number of hydrogen-bond acceptors (Lipinski definition) is 2. The topological polar surface area (TPSA) is 12.9 Å². The van der Waals surface area contributed by atoms with E-state index in [0.717, 1.165) is 0 Å². The van der Waals surface area contributed by atoms with Crippen LogP contribution >= 0.6 is 11.3 Å². The summed E-state index contributed by atoms with van der Waals surface area (Å²) < 4.78 is 35.2. The first kappa shape index (κ1) is 7.53. The van der Waals surface area contributed by atoms with Gasteiger partial charge in [-0.15, -0.1) is 11.3 Å². The molecule has 0 saturated heterocycles. The SMILES string of the molecule is [CH2]c1csc(C(F)(F)F)n1. The molecule has 1 rings (SSSR count). The van der Waals surface area contributed by atoms with Gasteiger partial charge in [-0.3, -0.25) is 0 Å². The summed E-state index contributed by atoms with van der Waals surface area (Å²) in [6, 6.07) is 0. The maximum atomic E-state index is 11.7. The fourth-order valence-electron chi connectivity index (χ4n) is 0.437. The van der Waals surface area contributed by atoms with Gasteiger partial charge < -0.3 is 0 Å². The molecule has 0 unspecified atom stereocenters. The standard InChI is InChI=1S/C5H3F3NS/c1-3-2-10-4(9-3)5(6,7)8/h2H,1H2. The van der Waals surface area contributed by atoms with Crippen LogP contribution in [0, 0.1) is 6.92 Å². The first-order chi connectivity index (χ1) is 4.50. The zero-order chi connectivity index (χ0) is 7.78. The van der Waals surface area contributed by atoms with Gasteiger partial charge in [-0.1, -0.05) is 0 Å². The van der Waals surface area contributed by atoms with Crippen LogP contribution in [0.25, 0.3) is 0 Å². The van der Waals surface area contributed by atoms with Gasteiger partial charge in [0.05, 0.1) is 5.69 Å². The lowest BCUT2D eigenvalue weighted by atomic mass is 10.6. The second-order valence-electron chi connectivity index (χ2n) is 1.64. The second kappa shape index (κ2) is 2.23. The van der Waals surface area contributed by atoms with Gasteiger partial charge in [0.1, 0.15) is 0 Å². The van der Waals surface area contributed by atoms with Gasteiger partial charge in [0, 0.05) is 5.38 Å². The molecule has 0 N–H and O–H groups in total. The van der Waals surface area contributed by atoms with Crippen molar-refractivity contribution in [2.45, 2.75) is 6.18 Å². The number of hydrogen-bond donors (Lipinski definition) is 0. The van der Waals surface area contributed by atoms with Crippen LogP contribution < -0.4 is 0 Å². The van der Waals surface area contributed by atoms with Gasteiger partial charge in [0.15, 0.2) is 5.01 Å². The minimum Gasteiger partial charge on any atom is -0.237 e. The predicted molar refractivity (Wildman–Crippen MR) is 31.6 cm³/mol. The summed E-state index contributed by atoms with van der Waals surface area (Å²) in [5.74, 6) is 0. The minimum absolute atomic E-state index is 0.164. The Bertz CT molecular complexity index is 227. The second-order valence-corrected chi connectivity index (χ2v) is 2.50. The lowest BCUT2D eigenvalue weighted by Crippen LogP contribution is -2.03. The number of thiazole rings is 1. The fraction of sp³-hybridized carbons (Fsp3) is 0.200. The molecule has 1 aromatic heterocycles. The lowest BCUT2D eigenvalue weighted by molar-refractivity contribution is -0.137. The maximum absolute atomic E-state index is 11.7. The van der Waals surface area contributed by atoms with Crippen molar-refractivity contribution in [3.05, 3.63) is 23.0 Å². The average molecular weight is 166 g/mol. The molecule has 0 atom stereocenters. The summed E-state index contributed by atoms with van der Waals surface area (Å²) in [6.45, 7) is 3.25. The Morgan fingerprint density at radius 3 is 2.30 bits per heavy atom. The Morgan fingerprint density at radius 1 is 1.50 bits per heavy atom. The highest BCUT2D eigenvalue weighted by Gasteiger charge is 2.33. The van der Waals surface area contributed by atoms with Crippen LogP contribution in [0.5, 0.6) is 0 Å². The largest absolute Gasteiger partial charge is 0.443 e. The quantitative estimate of drug-likeness (QED) is 0.576. The molecule has 1 heterocycles. The molecule has 1 aromatic rings. The van der Waals surface area contributed by atoms with Crippen LogP contribution in [0.2, 0.25) is 0 Å². The summed E-state index contributed by atoms with van der Waals surface area (Å²) in [5, 5.41) is 0.431. The number of halogens is 3. The van der Waals surface area contributed by atoms with Crippen LogP contribution in [0.4, 0.5) is 13.2 Å². The summed E-state index contributed by atoms with van der Waals surface area (Å²) in [4.78, 5) is 3.16. The van der Waals surface area contributed by atoms with E-state index in [0.29, 0.717) is 11.3 Å². The van der Waals surface area contributed by atoms with Crippen molar-refractivity contribution < 1.29 is 13.2 Å². The van der Waals surface area contributed by atoms with Crippen LogP contribution in [-0.2, 0) is 6.18 Å². The number of rotatable bonds is 0. The van der Waals surface area contributed by atoms with Crippen molar-refractivity contribution in [2.75, 3.05) is 0 Å². The molecular weight excluding hydrogens is 163 g/mol. The zero-order valence-electron chi connectivity index (χ0n) is 4.77. The van der Waals surface area contributed by atoms with E-state index in [1.807, 2.05) is 0 Å². The zero-order valence-corrected chi connectivity index (χ0v) is 5.59. The van der Waals surface area contributed by atoms with Gasteiger partial charge in [-0.25, -0.2) is 4.98 Å². The first-order valence-corrected chi connectivity index (χ1v) is 3.23. The Balaban J connectivity index is 2.96. The van der Waals surface area contributed by atoms with Gasteiger partial charge in [-0.05, 0) is 6.92 Å². The Kier molecular flexibility index (Phi) is 1.68. The van der Waals surface area contributed by atoms with Crippen LogP contribution in [-0.4, -0.2) is 4.98 Å². The van der Waals surface area contributed by atoms with Gasteiger partial charge >= 0.3 is 6.18 Å². The highest BCUT2D eigenvalue weighted by molar-refractivity contribution is 7.09. The molecule has 1 nitrogen and oxygen atoms in total. The molecule has 0 saturated carbocycles. The summed E-state index contributed by atoms with van der Waals surface area (Å²) in [5.41, 5.74) is 0.164. The van der Waals surface area contributed by atoms with Crippen LogP contribution in [0.1, 0.15) is 10.7 Å². The third-order valence-electron chi connectivity index (χ3n) is 0.794. The van der Waals surface area contributed by atoms with Crippen molar-refractivity contribution >= 4 is 11.3 Å². The Hall–Kier alpha value is -0.580. The van der Waals surface area contributed by atoms with E-state index in [1.165, 1.54) is 5.38 Å². The molecule has 0 bridgehead atoms. The molecule has 10 heavy (non-hydrogen) atoms. The predicted octanol–water partition coefficient (Wildman–Crippen LogP) is 2.34. The van der Waals surface area contributed by atoms with E-state index >= 15 is 0 Å². The van der Waals surface area contributed by atoms with Crippen molar-refractivity contribution in [1.29, 1.82) is 0 Å². The average Bonchev–Trinajstić information content (AvgIpc) is 2.11. The maximum Gasteiger partial charge on any atom is 0.443 e. The van der Waals surface area contributed by atoms with E-state index in [1.54, 1.807) is 0 Å². The van der Waals surface area contributed by atoms with Gasteiger partial charge in [0.2, 0.25) is 0 Å². The Morgan fingerprint density at radius 2 is 2.10 bits per heavy atom. The smallest absolute Gasteiger partial charge is 0.237 e. The van der Waals surface area contributed by atoms with E-state index < -0.39 is 11.2 Å². The molecule has 0 fully saturated rings. The first-order valence-electron chi connectivity index (χ1n) is 2.35. The molecule has 0 spiro atoms. The summed E-state index contributed by atoms with van der Waals surface area (Å²) in [7, 11) is 0. The van der Waals surface area contributed by atoms with E-state index in [4.69, 9.17) is 0 Å². The highest BCUT2D eigenvalue weighted by Crippen LogP contribution is 2.31. The molecule has 0 aliphatic rings. The van der Waals surface area contributed by atoms with Crippen molar-refractivity contribution in [3.63, 3.8) is 0 Å². The Labute approximate surface area is 59.5 Å². The molecule has 0 aromatic carbocycles. The molecule has 0 aliphatic carbocycles. The molecule has 1 radical (unpaired) electrons. The molecule has 55 valence electrons. The van der Waals surface area contributed by atoms with Crippen LogP contribution in [0.15, 0.2) is 5.38 Å². The molecule has 0 amide bonds. The van der Waals surface area contributed by atoms with Gasteiger partial charge in [-0.2, -0.15) is 13.2 Å². The van der Waals surface area contributed by atoms with Crippen molar-refractivity contribution in [1.82, 2.24) is 4.98 Å². The third-order valence-corrected chi connectivity index (χ3v) is 1.73. The minimum atomic E-state index is -4.32. The van der Waals surface area contributed by atoms with E-state index in [2.05, 4.69) is 11.9 Å².